The molecule has 2 amide bonds. The minimum absolute atomic E-state index is 0.0207. The molecule has 1 heterocycles. The average Bonchev–Trinajstić information content (AvgIpc) is 2.99. The van der Waals surface area contributed by atoms with Crippen LogP contribution in [0.3, 0.4) is 0 Å². The number of nitro groups is 1. The number of thiazole rings is 1. The Morgan fingerprint density at radius 1 is 1.25 bits per heavy atom. The molecule has 0 unspecified atom stereocenters. The number of non-ortho nitro benzene ring substituents is 1. The fraction of sp³-hybridized carbons (Fsp3) is 0.214. The van der Waals surface area contributed by atoms with Crippen molar-refractivity contribution in [2.24, 2.45) is 0 Å². The predicted molar refractivity (Wildman–Crippen MR) is 90.3 cm³/mol. The first-order chi connectivity index (χ1) is 11.5. The third-order valence-corrected chi connectivity index (χ3v) is 3.60. The number of nitro benzene ring substituents is 1. The second-order valence-electron chi connectivity index (χ2n) is 4.71. The third-order valence-electron chi connectivity index (χ3n) is 2.84. The summed E-state index contributed by atoms with van der Waals surface area (Å²) in [5.41, 5.74) is 0.975. The van der Waals surface area contributed by atoms with E-state index < -0.39 is 4.92 Å². The van der Waals surface area contributed by atoms with Crippen molar-refractivity contribution in [3.8, 4) is 0 Å². The Kier molecular flexibility index (Phi) is 5.79. The summed E-state index contributed by atoms with van der Waals surface area (Å²) in [5, 5.41) is 20.7. The first-order valence-corrected chi connectivity index (χ1v) is 7.83. The molecule has 0 aliphatic carbocycles. The van der Waals surface area contributed by atoms with Crippen LogP contribution in [0.25, 0.3) is 0 Å². The average molecular weight is 349 g/mol. The van der Waals surface area contributed by atoms with Crippen LogP contribution in [0.4, 0.5) is 16.5 Å². The Hall–Kier alpha value is -3.01. The molecular weight excluding hydrogens is 334 g/mol. The monoisotopic (exact) mass is 349 g/mol. The van der Waals surface area contributed by atoms with E-state index in [2.05, 4.69) is 20.9 Å². The van der Waals surface area contributed by atoms with E-state index in [0.717, 1.165) is 5.69 Å². The van der Waals surface area contributed by atoms with Crippen molar-refractivity contribution in [2.45, 2.75) is 6.92 Å². The summed E-state index contributed by atoms with van der Waals surface area (Å²) in [6.45, 7) is 2.17. The number of rotatable bonds is 7. The zero-order chi connectivity index (χ0) is 17.5. The van der Waals surface area contributed by atoms with Crippen molar-refractivity contribution >= 4 is 39.7 Å². The Labute approximate surface area is 141 Å². The number of benzene rings is 1. The molecule has 0 atom stereocenters. The molecule has 2 aromatic rings. The minimum Gasteiger partial charge on any atom is -0.383 e. The first kappa shape index (κ1) is 17.3. The topological polar surface area (TPSA) is 126 Å². The van der Waals surface area contributed by atoms with Crippen LogP contribution >= 0.6 is 11.3 Å². The molecule has 3 N–H and O–H groups in total. The van der Waals surface area contributed by atoms with Crippen LogP contribution in [0.15, 0.2) is 29.6 Å². The molecule has 0 bridgehead atoms. The SMILES string of the molecule is CC(=O)Nc1nc(C(=O)NCCNc2ccc([N+](=O)[O-])cc2)cs1. The van der Waals surface area contributed by atoms with Gasteiger partial charge in [0.1, 0.15) is 5.69 Å². The molecule has 0 fully saturated rings. The van der Waals surface area contributed by atoms with E-state index in [1.807, 2.05) is 0 Å². The van der Waals surface area contributed by atoms with Gasteiger partial charge in [-0.05, 0) is 12.1 Å². The zero-order valence-corrected chi connectivity index (χ0v) is 13.6. The van der Waals surface area contributed by atoms with Crippen molar-refractivity contribution in [1.82, 2.24) is 10.3 Å². The number of amides is 2. The lowest BCUT2D eigenvalue weighted by molar-refractivity contribution is -0.384. The van der Waals surface area contributed by atoms with Crippen LogP contribution in [0.2, 0.25) is 0 Å². The fourth-order valence-electron chi connectivity index (χ4n) is 1.76. The van der Waals surface area contributed by atoms with Gasteiger partial charge >= 0.3 is 0 Å². The molecule has 0 saturated heterocycles. The van der Waals surface area contributed by atoms with Crippen molar-refractivity contribution in [3.63, 3.8) is 0 Å². The molecule has 2 rings (SSSR count). The van der Waals surface area contributed by atoms with Gasteiger partial charge in [-0.3, -0.25) is 19.7 Å². The maximum Gasteiger partial charge on any atom is 0.270 e. The van der Waals surface area contributed by atoms with Crippen LogP contribution in [-0.4, -0.2) is 34.8 Å². The Morgan fingerprint density at radius 2 is 1.96 bits per heavy atom. The minimum atomic E-state index is -0.465. The van der Waals surface area contributed by atoms with Crippen LogP contribution in [0.5, 0.6) is 0 Å². The number of aromatic nitrogens is 1. The largest absolute Gasteiger partial charge is 0.383 e. The summed E-state index contributed by atoms with van der Waals surface area (Å²) in [5.74, 6) is -0.586. The standard InChI is InChI=1S/C14H15N5O4S/c1-9(20)17-14-18-12(8-24-14)13(21)16-7-6-15-10-2-4-11(5-3-10)19(22)23/h2-5,8,15H,6-7H2,1H3,(H,16,21)(H,17,18,20). The van der Waals surface area contributed by atoms with Gasteiger partial charge < -0.3 is 16.0 Å². The number of nitrogens with one attached hydrogen (secondary N) is 3. The van der Waals surface area contributed by atoms with E-state index in [0.29, 0.717) is 18.2 Å². The molecule has 0 aliphatic rings. The highest BCUT2D eigenvalue weighted by atomic mass is 32.1. The predicted octanol–water partition coefficient (Wildman–Crippen LogP) is 1.85. The molecule has 1 aromatic carbocycles. The summed E-state index contributed by atoms with van der Waals surface area (Å²) < 4.78 is 0. The maximum atomic E-state index is 11.9. The van der Waals surface area contributed by atoms with E-state index >= 15 is 0 Å². The number of carbonyl (C=O) groups is 2. The quantitative estimate of drug-likeness (QED) is 0.398. The lowest BCUT2D eigenvalue weighted by Crippen LogP contribution is -2.29. The van der Waals surface area contributed by atoms with Crippen LogP contribution < -0.4 is 16.0 Å². The Balaban J connectivity index is 1.75. The zero-order valence-electron chi connectivity index (χ0n) is 12.7. The first-order valence-electron chi connectivity index (χ1n) is 6.95. The number of nitrogens with zero attached hydrogens (tertiary/aromatic N) is 2. The van der Waals surface area contributed by atoms with Gasteiger partial charge in [0, 0.05) is 43.2 Å². The second kappa shape index (κ2) is 8.02. The van der Waals surface area contributed by atoms with Gasteiger partial charge in [0.05, 0.1) is 4.92 Å². The highest BCUT2D eigenvalue weighted by molar-refractivity contribution is 7.14. The summed E-state index contributed by atoms with van der Waals surface area (Å²) in [6.07, 6.45) is 0. The van der Waals surface area contributed by atoms with Gasteiger partial charge in [-0.1, -0.05) is 0 Å². The van der Waals surface area contributed by atoms with Gasteiger partial charge in [0.2, 0.25) is 5.91 Å². The summed E-state index contributed by atoms with van der Waals surface area (Å²) in [4.78, 5) is 36.9. The number of hydrogen-bond acceptors (Lipinski definition) is 7. The van der Waals surface area contributed by atoms with E-state index in [4.69, 9.17) is 0 Å². The van der Waals surface area contributed by atoms with Crippen molar-refractivity contribution in [2.75, 3.05) is 23.7 Å². The van der Waals surface area contributed by atoms with Crippen molar-refractivity contribution < 1.29 is 14.5 Å². The Morgan fingerprint density at radius 3 is 2.58 bits per heavy atom. The normalized spacial score (nSPS) is 10.0. The van der Waals surface area contributed by atoms with E-state index in [9.17, 15) is 19.7 Å². The van der Waals surface area contributed by atoms with E-state index in [1.54, 1.807) is 17.5 Å². The molecule has 9 nitrogen and oxygen atoms in total. The van der Waals surface area contributed by atoms with Gasteiger partial charge in [-0.2, -0.15) is 0 Å². The van der Waals surface area contributed by atoms with Gasteiger partial charge in [-0.15, -0.1) is 11.3 Å². The Bertz CT molecular complexity index is 744. The third kappa shape index (κ3) is 5.02. The summed E-state index contributed by atoms with van der Waals surface area (Å²) in [6, 6.07) is 6.00. The molecule has 0 spiro atoms. The number of anilines is 2. The van der Waals surface area contributed by atoms with Gasteiger partial charge in [0.25, 0.3) is 11.6 Å². The fourth-order valence-corrected chi connectivity index (χ4v) is 2.50. The highest BCUT2D eigenvalue weighted by Crippen LogP contribution is 2.16. The molecule has 0 radical (unpaired) electrons. The molecule has 24 heavy (non-hydrogen) atoms. The highest BCUT2D eigenvalue weighted by Gasteiger charge is 2.10. The molecule has 126 valence electrons. The molecular formula is C14H15N5O4S. The maximum absolute atomic E-state index is 11.9. The van der Waals surface area contributed by atoms with E-state index in [-0.39, 0.29) is 23.2 Å². The van der Waals surface area contributed by atoms with Crippen molar-refractivity contribution in [3.05, 3.63) is 45.5 Å². The van der Waals surface area contributed by atoms with Crippen LogP contribution in [-0.2, 0) is 4.79 Å². The number of hydrogen-bond donors (Lipinski definition) is 3. The molecule has 10 heteroatoms. The lowest BCUT2D eigenvalue weighted by atomic mass is 10.3. The van der Waals surface area contributed by atoms with Crippen LogP contribution in [0, 0.1) is 10.1 Å². The van der Waals surface area contributed by atoms with Crippen LogP contribution in [0.1, 0.15) is 17.4 Å². The second-order valence-corrected chi connectivity index (χ2v) is 5.56. The van der Waals surface area contributed by atoms with Crippen molar-refractivity contribution in [1.29, 1.82) is 0 Å². The van der Waals surface area contributed by atoms with Gasteiger partial charge in [0.15, 0.2) is 5.13 Å². The number of carbonyl (C=O) groups excluding carboxylic acids is 2. The smallest absolute Gasteiger partial charge is 0.270 e. The summed E-state index contributed by atoms with van der Waals surface area (Å²) in [7, 11) is 0. The van der Waals surface area contributed by atoms with E-state index in [1.165, 1.54) is 30.4 Å². The summed E-state index contributed by atoms with van der Waals surface area (Å²) >= 11 is 1.17. The molecule has 0 aliphatic heterocycles. The molecule has 1 aromatic heterocycles. The van der Waals surface area contributed by atoms with Gasteiger partial charge in [-0.25, -0.2) is 4.98 Å². The molecule has 0 saturated carbocycles. The lowest BCUT2D eigenvalue weighted by Gasteiger charge is -2.07.